The van der Waals surface area contributed by atoms with Crippen LogP contribution in [0.2, 0.25) is 0 Å². The van der Waals surface area contributed by atoms with E-state index in [1.54, 1.807) is 35.8 Å². The third-order valence-corrected chi connectivity index (χ3v) is 6.13. The maximum Gasteiger partial charge on any atom is 0.265 e. The minimum Gasteiger partial charge on any atom is -0.378 e. The first kappa shape index (κ1) is 17.2. The maximum absolute atomic E-state index is 13.0. The van der Waals surface area contributed by atoms with E-state index in [2.05, 4.69) is 0 Å². The summed E-state index contributed by atoms with van der Waals surface area (Å²) >= 11 is 0. The highest BCUT2D eigenvalue weighted by Gasteiger charge is 2.43. The van der Waals surface area contributed by atoms with Gasteiger partial charge in [-0.1, -0.05) is 18.2 Å². The fourth-order valence-electron chi connectivity index (χ4n) is 3.02. The van der Waals surface area contributed by atoms with Crippen molar-refractivity contribution in [3.63, 3.8) is 0 Å². The van der Waals surface area contributed by atoms with Crippen LogP contribution < -0.4 is 14.7 Å². The van der Waals surface area contributed by atoms with Gasteiger partial charge in [0.05, 0.1) is 23.0 Å². The lowest BCUT2D eigenvalue weighted by Gasteiger charge is -2.25. The first-order valence-corrected chi connectivity index (χ1v) is 9.14. The van der Waals surface area contributed by atoms with Crippen LogP contribution in [-0.4, -0.2) is 33.6 Å². The minimum atomic E-state index is -3.78. The Labute approximate surface area is 146 Å². The van der Waals surface area contributed by atoms with Gasteiger partial charge in [0.25, 0.3) is 10.0 Å². The topological polar surface area (TPSA) is 89.9 Å². The molecule has 0 saturated heterocycles. The fraction of sp³-hybridized carbons (Fsp3) is 0.235. The summed E-state index contributed by atoms with van der Waals surface area (Å²) in [6.45, 7) is 0. The largest absolute Gasteiger partial charge is 0.378 e. The monoisotopic (exact) mass is 361 g/mol. The molecule has 2 aromatic rings. The molecule has 0 spiro atoms. The number of nitrogens with zero attached hydrogens (tertiary/aromatic N) is 2. The van der Waals surface area contributed by atoms with Gasteiger partial charge in [-0.15, -0.1) is 0 Å². The lowest BCUT2D eigenvalue weighted by Crippen LogP contribution is -2.32. The van der Waals surface area contributed by atoms with Crippen molar-refractivity contribution in [1.82, 2.24) is 5.48 Å². The summed E-state index contributed by atoms with van der Waals surface area (Å²) < 4.78 is 27.3. The van der Waals surface area contributed by atoms with Crippen LogP contribution >= 0.6 is 0 Å². The quantitative estimate of drug-likeness (QED) is 0.641. The summed E-state index contributed by atoms with van der Waals surface area (Å²) in [5, 5.41) is 8.85. The Hall–Kier alpha value is -2.58. The third kappa shape index (κ3) is 2.94. The van der Waals surface area contributed by atoms with Gasteiger partial charge < -0.3 is 4.90 Å². The Morgan fingerprint density at radius 2 is 1.80 bits per heavy atom. The Balaban J connectivity index is 2.10. The van der Waals surface area contributed by atoms with Gasteiger partial charge in [0.15, 0.2) is 0 Å². The van der Waals surface area contributed by atoms with Crippen LogP contribution in [0, 0.1) is 0 Å². The molecule has 1 aliphatic rings. The molecule has 2 N–H and O–H groups in total. The number of hydrogen-bond donors (Lipinski definition) is 2. The predicted octanol–water partition coefficient (Wildman–Crippen LogP) is 1.90. The molecule has 0 bridgehead atoms. The van der Waals surface area contributed by atoms with Crippen LogP contribution in [0.4, 0.5) is 11.4 Å². The van der Waals surface area contributed by atoms with E-state index in [1.807, 2.05) is 31.1 Å². The van der Waals surface area contributed by atoms with E-state index < -0.39 is 22.0 Å². The summed E-state index contributed by atoms with van der Waals surface area (Å²) in [6, 6.07) is 13.0. The first-order valence-electron chi connectivity index (χ1n) is 7.70. The molecule has 2 aromatic carbocycles. The van der Waals surface area contributed by atoms with Crippen molar-refractivity contribution >= 4 is 27.3 Å². The van der Waals surface area contributed by atoms with Crippen LogP contribution in [0.5, 0.6) is 0 Å². The first-order chi connectivity index (χ1) is 11.9. The molecule has 25 heavy (non-hydrogen) atoms. The number of rotatable bonds is 4. The van der Waals surface area contributed by atoms with Crippen LogP contribution in [-0.2, 0) is 14.8 Å². The van der Waals surface area contributed by atoms with Crippen molar-refractivity contribution < 1.29 is 18.4 Å². The van der Waals surface area contributed by atoms with Gasteiger partial charge in [-0.3, -0.25) is 14.3 Å². The summed E-state index contributed by atoms with van der Waals surface area (Å²) in [5.74, 6) is -0.646. The minimum absolute atomic E-state index is 0.178. The molecule has 132 valence electrons. The average Bonchev–Trinajstić information content (AvgIpc) is 2.82. The van der Waals surface area contributed by atoms with Crippen LogP contribution in [0.25, 0.3) is 0 Å². The lowest BCUT2D eigenvalue weighted by atomic mass is 10.0. The Kier molecular flexibility index (Phi) is 4.40. The smallest absolute Gasteiger partial charge is 0.265 e. The van der Waals surface area contributed by atoms with Gasteiger partial charge in [-0.2, -0.15) is 0 Å². The molecule has 1 unspecified atom stereocenters. The zero-order valence-electron chi connectivity index (χ0n) is 13.9. The second-order valence-electron chi connectivity index (χ2n) is 6.00. The van der Waals surface area contributed by atoms with E-state index in [-0.39, 0.29) is 11.3 Å². The lowest BCUT2D eigenvalue weighted by molar-refractivity contribution is -0.129. The third-order valence-electron chi connectivity index (χ3n) is 4.22. The molecule has 1 heterocycles. The van der Waals surface area contributed by atoms with Crippen molar-refractivity contribution in [2.75, 3.05) is 23.3 Å². The zero-order valence-corrected chi connectivity index (χ0v) is 14.7. The molecule has 0 radical (unpaired) electrons. The normalized spacial score (nSPS) is 17.9. The van der Waals surface area contributed by atoms with Crippen molar-refractivity contribution in [3.8, 4) is 0 Å². The molecule has 0 aliphatic carbocycles. The molecular weight excluding hydrogens is 342 g/mol. The number of hydrogen-bond acceptors (Lipinski definition) is 5. The fourth-order valence-corrected chi connectivity index (χ4v) is 4.91. The van der Waals surface area contributed by atoms with E-state index in [0.717, 1.165) is 5.69 Å². The second kappa shape index (κ2) is 6.38. The number of anilines is 2. The van der Waals surface area contributed by atoms with Gasteiger partial charge in [0, 0.05) is 19.8 Å². The molecule has 8 heteroatoms. The summed E-state index contributed by atoms with van der Waals surface area (Å²) in [6.07, 6.45) is -0.178. The number of carbonyl (C=O) groups is 1. The van der Waals surface area contributed by atoms with Gasteiger partial charge in [-0.05, 0) is 35.9 Å². The van der Waals surface area contributed by atoms with E-state index in [0.29, 0.717) is 11.3 Å². The number of fused-ring (bicyclic) bond motifs is 1. The van der Waals surface area contributed by atoms with E-state index >= 15 is 0 Å². The summed E-state index contributed by atoms with van der Waals surface area (Å²) in [5.41, 5.74) is 3.53. The van der Waals surface area contributed by atoms with Crippen LogP contribution in [0.3, 0.4) is 0 Å². The number of nitrogens with one attached hydrogen (secondary N) is 1. The van der Waals surface area contributed by atoms with Crippen LogP contribution in [0.1, 0.15) is 18.0 Å². The number of amides is 1. The number of carbonyl (C=O) groups excluding carboxylic acids is 1. The van der Waals surface area contributed by atoms with Gasteiger partial charge in [0.1, 0.15) is 0 Å². The Bertz CT molecular complexity index is 894. The highest BCUT2D eigenvalue weighted by atomic mass is 32.2. The SMILES string of the molecule is CN(C)c1ccc(N2C(CC(=O)NO)c3ccccc3S2(=O)=O)cc1. The summed E-state index contributed by atoms with van der Waals surface area (Å²) in [7, 11) is 0.0119. The number of benzene rings is 2. The van der Waals surface area contributed by atoms with Gasteiger partial charge in [0.2, 0.25) is 5.91 Å². The standard InChI is InChI=1S/C17H19N3O4S/c1-19(2)12-7-9-13(10-8-12)20-15(11-17(21)18-22)14-5-3-4-6-16(14)25(20,23)24/h3-10,15,22H,11H2,1-2H3,(H,18,21). The van der Waals surface area contributed by atoms with E-state index in [9.17, 15) is 13.2 Å². The van der Waals surface area contributed by atoms with Crippen LogP contribution in [0.15, 0.2) is 53.4 Å². The molecule has 1 atom stereocenters. The molecular formula is C17H19N3O4S. The van der Waals surface area contributed by atoms with E-state index in [4.69, 9.17) is 5.21 Å². The maximum atomic E-state index is 13.0. The van der Waals surface area contributed by atoms with Crippen molar-refractivity contribution in [2.24, 2.45) is 0 Å². The van der Waals surface area contributed by atoms with Gasteiger partial charge in [-0.25, -0.2) is 13.9 Å². The number of hydroxylamine groups is 1. The van der Waals surface area contributed by atoms with E-state index in [1.165, 1.54) is 10.4 Å². The molecule has 1 amide bonds. The number of sulfonamides is 1. The Morgan fingerprint density at radius 3 is 2.40 bits per heavy atom. The molecule has 0 saturated carbocycles. The van der Waals surface area contributed by atoms with Gasteiger partial charge >= 0.3 is 0 Å². The summed E-state index contributed by atoms with van der Waals surface area (Å²) in [4.78, 5) is 13.8. The highest BCUT2D eigenvalue weighted by molar-refractivity contribution is 7.93. The molecule has 3 rings (SSSR count). The van der Waals surface area contributed by atoms with Crippen molar-refractivity contribution in [2.45, 2.75) is 17.4 Å². The average molecular weight is 361 g/mol. The molecule has 1 aliphatic heterocycles. The highest BCUT2D eigenvalue weighted by Crippen LogP contribution is 2.44. The predicted molar refractivity (Wildman–Crippen MR) is 94.2 cm³/mol. The molecule has 0 aromatic heterocycles. The molecule has 7 nitrogen and oxygen atoms in total. The zero-order chi connectivity index (χ0) is 18.2. The van der Waals surface area contributed by atoms with Crippen molar-refractivity contribution in [3.05, 3.63) is 54.1 Å². The second-order valence-corrected chi connectivity index (χ2v) is 7.79. The Morgan fingerprint density at radius 1 is 1.16 bits per heavy atom. The molecule has 0 fully saturated rings. The van der Waals surface area contributed by atoms with Crippen molar-refractivity contribution in [1.29, 1.82) is 0 Å².